The van der Waals surface area contributed by atoms with Gasteiger partial charge in [0.25, 0.3) is 0 Å². The van der Waals surface area contributed by atoms with E-state index in [9.17, 15) is 15.3 Å². The van der Waals surface area contributed by atoms with Gasteiger partial charge < -0.3 is 10.4 Å². The van der Waals surface area contributed by atoms with E-state index in [1.807, 2.05) is 0 Å². The van der Waals surface area contributed by atoms with Gasteiger partial charge in [-0.05, 0) is 20.8 Å². The molecule has 0 bridgehead atoms. The van der Waals surface area contributed by atoms with Crippen LogP contribution in [0.1, 0.15) is 62.3 Å². The Kier molecular flexibility index (Phi) is 6.50. The Hall–Kier alpha value is -1.20. The van der Waals surface area contributed by atoms with E-state index in [2.05, 4.69) is 5.18 Å². The summed E-state index contributed by atoms with van der Waals surface area (Å²) in [6, 6.07) is 0. The Morgan fingerprint density at radius 2 is 0.889 bits per heavy atom. The number of hydroxylamine groups is 2. The molecule has 0 heterocycles. The van der Waals surface area contributed by atoms with E-state index in [4.69, 9.17) is 0 Å². The van der Waals surface area contributed by atoms with Crippen molar-refractivity contribution in [1.82, 2.24) is 0 Å². The van der Waals surface area contributed by atoms with Crippen LogP contribution in [0.5, 0.6) is 0 Å². The van der Waals surface area contributed by atoms with Crippen molar-refractivity contribution in [2.45, 2.75) is 78.9 Å². The van der Waals surface area contributed by atoms with Crippen molar-refractivity contribution in [3.8, 4) is 0 Å². The lowest BCUT2D eigenvalue weighted by Gasteiger charge is -2.20. The molecule has 0 fully saturated rings. The summed E-state index contributed by atoms with van der Waals surface area (Å²) >= 11 is 0. The van der Waals surface area contributed by atoms with Crippen LogP contribution in [0.3, 0.4) is 0 Å². The summed E-state index contributed by atoms with van der Waals surface area (Å²) < 4.78 is 0. The summed E-state index contributed by atoms with van der Waals surface area (Å²) in [4.78, 5) is 10.5. The topological polar surface area (TPSA) is 81.6 Å². The summed E-state index contributed by atoms with van der Waals surface area (Å²) in [5, 5.41) is 25.5. The minimum Gasteiger partial charge on any atom is -0.567 e. The Morgan fingerprint density at radius 3 is 0.944 bits per heavy atom. The molecule has 18 heavy (non-hydrogen) atoms. The molecule has 0 radical (unpaired) electrons. The summed E-state index contributed by atoms with van der Waals surface area (Å²) in [5.74, 6) is 0. The van der Waals surface area contributed by atoms with Crippen molar-refractivity contribution in [3.05, 3.63) is 15.3 Å². The third-order valence-corrected chi connectivity index (χ3v) is 1.59. The monoisotopic (exact) mass is 261 g/mol. The lowest BCUT2D eigenvalue weighted by molar-refractivity contribution is -1.02. The van der Waals surface area contributed by atoms with Crippen LogP contribution in [0.25, 0.3) is 0 Å². The van der Waals surface area contributed by atoms with Crippen LogP contribution in [0.2, 0.25) is 0 Å². The van der Waals surface area contributed by atoms with Crippen LogP contribution in [0, 0.1) is 15.3 Å². The zero-order valence-corrected chi connectivity index (χ0v) is 13.1. The molecule has 0 unspecified atom stereocenters. The molecule has 0 saturated carbocycles. The van der Waals surface area contributed by atoms with Gasteiger partial charge in [-0.1, -0.05) is 5.18 Å². The van der Waals surface area contributed by atoms with Gasteiger partial charge in [0.2, 0.25) is 11.1 Å². The van der Waals surface area contributed by atoms with Crippen LogP contribution in [-0.2, 0) is 0 Å². The van der Waals surface area contributed by atoms with Gasteiger partial charge in [0.15, 0.2) is 0 Å². The first kappa shape index (κ1) is 19.1. The fourth-order valence-corrected chi connectivity index (χ4v) is 0.545. The maximum atomic E-state index is 11.3. The fourth-order valence-electron chi connectivity index (χ4n) is 0.545. The highest BCUT2D eigenvalue weighted by atomic mass is 16.6. The smallest absolute Gasteiger partial charge is 0.230 e. The van der Waals surface area contributed by atoms with Crippen LogP contribution in [-0.4, -0.2) is 26.3 Å². The van der Waals surface area contributed by atoms with Gasteiger partial charge >= 0.3 is 0 Å². The van der Waals surface area contributed by atoms with E-state index < -0.39 is 11.1 Å². The number of rotatable bonds is 0. The molecule has 0 rings (SSSR count). The molecule has 0 aromatic heterocycles. The van der Waals surface area contributed by atoms with Gasteiger partial charge in [-0.25, -0.2) is 0 Å². The molecule has 6 nitrogen and oxygen atoms in total. The maximum Gasteiger partial charge on any atom is 0.230 e. The van der Waals surface area contributed by atoms with Gasteiger partial charge in [0.05, 0.1) is 5.54 Å². The molecule has 0 aliphatic heterocycles. The zero-order chi connectivity index (χ0) is 15.4. The van der Waals surface area contributed by atoms with E-state index in [1.165, 1.54) is 0 Å². The standard InChI is InChI=1S/C8H18N2O2.C4H9NO/c1-7(2,3)9(11)10(12)8(4,5)6;1-4(2,3)5-6/h1-6H3;1-3H3/b10-9+;. The summed E-state index contributed by atoms with van der Waals surface area (Å²) in [6.45, 7) is 15.5. The van der Waals surface area contributed by atoms with Gasteiger partial charge in [-0.15, -0.1) is 0 Å². The normalized spacial score (nSPS) is 14.3. The van der Waals surface area contributed by atoms with Crippen LogP contribution < -0.4 is 0 Å². The first-order chi connectivity index (χ1) is 7.63. The molecular formula is C12H27N3O3. The third-order valence-electron chi connectivity index (χ3n) is 1.59. The summed E-state index contributed by atoms with van der Waals surface area (Å²) in [5.41, 5.74) is -1.73. The van der Waals surface area contributed by atoms with E-state index in [0.717, 1.165) is 0 Å². The Labute approximate surface area is 110 Å². The van der Waals surface area contributed by atoms with E-state index >= 15 is 0 Å². The number of azo groups is 1. The first-order valence-electron chi connectivity index (χ1n) is 5.92. The molecule has 108 valence electrons. The summed E-state index contributed by atoms with van der Waals surface area (Å²) in [7, 11) is 0. The highest BCUT2D eigenvalue weighted by Crippen LogP contribution is 2.12. The van der Waals surface area contributed by atoms with Crippen LogP contribution >= 0.6 is 0 Å². The quantitative estimate of drug-likeness (QED) is 0.289. The molecular weight excluding hydrogens is 234 g/mol. The second kappa shape index (κ2) is 6.11. The predicted molar refractivity (Wildman–Crippen MR) is 72.3 cm³/mol. The van der Waals surface area contributed by atoms with Crippen LogP contribution in [0.15, 0.2) is 5.18 Å². The number of hydrogen-bond donors (Lipinski definition) is 0. The lowest BCUT2D eigenvalue weighted by atomic mass is 10.1. The largest absolute Gasteiger partial charge is 0.567 e. The molecule has 0 aliphatic carbocycles. The van der Waals surface area contributed by atoms with Crippen molar-refractivity contribution >= 4 is 0 Å². The maximum absolute atomic E-state index is 11.3. The number of nitrogens with zero attached hydrogens (tertiary/aromatic N) is 3. The highest BCUT2D eigenvalue weighted by Gasteiger charge is 2.34. The lowest BCUT2D eigenvalue weighted by Crippen LogP contribution is -2.42. The van der Waals surface area contributed by atoms with E-state index in [0.29, 0.717) is 9.72 Å². The Morgan fingerprint density at radius 1 is 0.722 bits per heavy atom. The molecule has 0 N–H and O–H groups in total. The minimum absolute atomic E-state index is 0.389. The van der Waals surface area contributed by atoms with Crippen molar-refractivity contribution < 1.29 is 9.72 Å². The summed E-state index contributed by atoms with van der Waals surface area (Å²) in [6.07, 6.45) is 0. The first-order valence-corrected chi connectivity index (χ1v) is 5.92. The molecule has 0 atom stereocenters. The Bertz CT molecular complexity index is 282. The molecule has 0 spiro atoms. The zero-order valence-electron chi connectivity index (χ0n) is 13.1. The van der Waals surface area contributed by atoms with Crippen molar-refractivity contribution in [3.63, 3.8) is 0 Å². The van der Waals surface area contributed by atoms with E-state index in [-0.39, 0.29) is 5.54 Å². The molecule has 0 aromatic carbocycles. The number of hydrogen-bond acceptors (Lipinski definition) is 4. The molecule has 6 heteroatoms. The van der Waals surface area contributed by atoms with Gasteiger partial charge in [0, 0.05) is 51.3 Å². The van der Waals surface area contributed by atoms with Crippen molar-refractivity contribution in [1.29, 1.82) is 0 Å². The van der Waals surface area contributed by atoms with Gasteiger partial charge in [-0.3, -0.25) is 0 Å². The highest BCUT2D eigenvalue weighted by molar-refractivity contribution is 4.66. The Balaban J connectivity index is 0. The molecule has 0 aliphatic rings. The van der Waals surface area contributed by atoms with Crippen molar-refractivity contribution in [2.24, 2.45) is 5.18 Å². The third kappa shape index (κ3) is 8.90. The average molecular weight is 261 g/mol. The SMILES string of the molecule is CC(C)(C)/[N+]([O-])=[N+](\[O-])C(C)(C)C.CC(C)(C)N=O. The molecule has 0 saturated heterocycles. The second-order valence-electron chi connectivity index (χ2n) is 7.15. The van der Waals surface area contributed by atoms with Crippen LogP contribution in [0.4, 0.5) is 0 Å². The predicted octanol–water partition coefficient (Wildman–Crippen LogP) is 3.61. The van der Waals surface area contributed by atoms with Crippen molar-refractivity contribution in [2.75, 3.05) is 0 Å². The number of nitroso groups, excluding NO2 is 1. The average Bonchev–Trinajstić information content (AvgIpc) is 2.12. The van der Waals surface area contributed by atoms with Gasteiger partial charge in [-0.2, -0.15) is 4.91 Å². The fraction of sp³-hybridized carbons (Fsp3) is 1.00. The molecule has 0 amide bonds. The molecule has 0 aromatic rings. The van der Waals surface area contributed by atoms with E-state index in [1.54, 1.807) is 62.3 Å². The minimum atomic E-state index is -0.672. The second-order valence-corrected chi connectivity index (χ2v) is 7.15. The van der Waals surface area contributed by atoms with Gasteiger partial charge in [0.1, 0.15) is 0 Å².